The highest BCUT2D eigenvalue weighted by Gasteiger charge is 2.10. The van der Waals surface area contributed by atoms with Gasteiger partial charge in [0.25, 0.3) is 0 Å². The third-order valence-electron chi connectivity index (χ3n) is 2.13. The van der Waals surface area contributed by atoms with Crippen molar-refractivity contribution in [1.82, 2.24) is 9.97 Å². The van der Waals surface area contributed by atoms with Gasteiger partial charge < -0.3 is 10.7 Å². The van der Waals surface area contributed by atoms with Crippen molar-refractivity contribution in [3.05, 3.63) is 34.7 Å². The van der Waals surface area contributed by atoms with Crippen molar-refractivity contribution in [2.75, 3.05) is 5.73 Å². The molecular formula is C10H10N4O. The maximum absolute atomic E-state index is 10.5. The van der Waals surface area contributed by atoms with Crippen LogP contribution in [0.4, 0.5) is 11.8 Å². The van der Waals surface area contributed by atoms with E-state index in [-0.39, 0.29) is 11.8 Å². The molecule has 2 aromatic rings. The predicted octanol–water partition coefficient (Wildman–Crippen LogP) is 2.37. The van der Waals surface area contributed by atoms with Crippen LogP contribution in [0.2, 0.25) is 0 Å². The maximum atomic E-state index is 10.5. The Morgan fingerprint density at radius 1 is 1.33 bits per heavy atom. The molecule has 76 valence electrons. The van der Waals surface area contributed by atoms with E-state index in [9.17, 15) is 4.91 Å². The number of aryl methyl sites for hydroxylation is 1. The van der Waals surface area contributed by atoms with Gasteiger partial charge in [-0.05, 0) is 12.1 Å². The second-order valence-corrected chi connectivity index (χ2v) is 3.28. The predicted molar refractivity (Wildman–Crippen MR) is 58.6 cm³/mol. The number of nitrogens with one attached hydrogen (secondary N) is 1. The fourth-order valence-electron chi connectivity index (χ4n) is 1.37. The van der Waals surface area contributed by atoms with Gasteiger partial charge in [0.2, 0.25) is 5.82 Å². The van der Waals surface area contributed by atoms with Crippen LogP contribution in [-0.4, -0.2) is 9.97 Å². The van der Waals surface area contributed by atoms with Crippen LogP contribution in [0, 0.1) is 11.8 Å². The van der Waals surface area contributed by atoms with Crippen LogP contribution >= 0.6 is 0 Å². The molecule has 3 N–H and O–H groups in total. The van der Waals surface area contributed by atoms with E-state index in [1.54, 1.807) is 0 Å². The molecule has 0 aliphatic carbocycles. The summed E-state index contributed by atoms with van der Waals surface area (Å²) in [5.74, 6) is 0.288. The van der Waals surface area contributed by atoms with Gasteiger partial charge in [-0.1, -0.05) is 29.8 Å². The molecule has 0 unspecified atom stereocenters. The zero-order valence-electron chi connectivity index (χ0n) is 8.19. The molecule has 15 heavy (non-hydrogen) atoms. The summed E-state index contributed by atoms with van der Waals surface area (Å²) in [7, 11) is 0. The van der Waals surface area contributed by atoms with Gasteiger partial charge in [-0.15, -0.1) is 4.91 Å². The minimum atomic E-state index is 0.0938. The second kappa shape index (κ2) is 3.53. The van der Waals surface area contributed by atoms with Crippen molar-refractivity contribution in [3.63, 3.8) is 0 Å². The van der Waals surface area contributed by atoms with Crippen molar-refractivity contribution in [1.29, 1.82) is 0 Å². The van der Waals surface area contributed by atoms with Crippen molar-refractivity contribution in [2.45, 2.75) is 6.92 Å². The van der Waals surface area contributed by atoms with Gasteiger partial charge in [-0.2, -0.15) is 4.98 Å². The van der Waals surface area contributed by atoms with Gasteiger partial charge in [0.15, 0.2) is 5.95 Å². The molecule has 0 fully saturated rings. The summed E-state index contributed by atoms with van der Waals surface area (Å²) >= 11 is 0. The Bertz CT molecular complexity index is 487. The van der Waals surface area contributed by atoms with Crippen LogP contribution in [0.5, 0.6) is 0 Å². The standard InChI is InChI=1S/C10H10N4O/c1-6-2-4-7(5-3-6)8-9(14-15)13-10(11)12-8/h2-5H,1H3,(H3,11,12,13). The highest BCUT2D eigenvalue weighted by atomic mass is 16.3. The molecule has 0 amide bonds. The SMILES string of the molecule is Cc1ccc(-c2[nH]c(N)nc2N=O)cc1. The third-order valence-corrected chi connectivity index (χ3v) is 2.13. The number of H-pyrrole nitrogens is 1. The molecule has 0 aliphatic heterocycles. The highest BCUT2D eigenvalue weighted by molar-refractivity contribution is 5.71. The number of nitrogens with two attached hydrogens (primary N) is 1. The monoisotopic (exact) mass is 202 g/mol. The van der Waals surface area contributed by atoms with E-state index in [1.165, 1.54) is 0 Å². The second-order valence-electron chi connectivity index (χ2n) is 3.28. The Balaban J connectivity index is 2.52. The van der Waals surface area contributed by atoms with Gasteiger partial charge in [0.05, 0.1) is 5.69 Å². The fraction of sp³-hybridized carbons (Fsp3) is 0.100. The molecule has 0 spiro atoms. The average Bonchev–Trinajstić information content (AvgIpc) is 2.61. The van der Waals surface area contributed by atoms with Crippen molar-refractivity contribution in [3.8, 4) is 11.3 Å². The van der Waals surface area contributed by atoms with E-state index in [1.807, 2.05) is 31.2 Å². The Labute approximate surface area is 86.3 Å². The molecule has 1 aromatic heterocycles. The molecule has 0 radical (unpaired) electrons. The van der Waals surface area contributed by atoms with Crippen LogP contribution < -0.4 is 5.73 Å². The van der Waals surface area contributed by atoms with Crippen LogP contribution in [0.3, 0.4) is 0 Å². The minimum absolute atomic E-state index is 0.0938. The van der Waals surface area contributed by atoms with E-state index in [4.69, 9.17) is 5.73 Å². The number of benzene rings is 1. The van der Waals surface area contributed by atoms with Crippen LogP contribution in [-0.2, 0) is 0 Å². The first-order valence-electron chi connectivity index (χ1n) is 4.46. The smallest absolute Gasteiger partial charge is 0.224 e. The lowest BCUT2D eigenvalue weighted by molar-refractivity contribution is 1.30. The zero-order chi connectivity index (χ0) is 10.8. The van der Waals surface area contributed by atoms with E-state index in [2.05, 4.69) is 15.1 Å². The number of rotatable bonds is 2. The molecule has 5 nitrogen and oxygen atoms in total. The fourth-order valence-corrected chi connectivity index (χ4v) is 1.37. The van der Waals surface area contributed by atoms with E-state index < -0.39 is 0 Å². The highest BCUT2D eigenvalue weighted by Crippen LogP contribution is 2.28. The molecule has 0 atom stereocenters. The topological polar surface area (TPSA) is 84.1 Å². The van der Waals surface area contributed by atoms with Crippen LogP contribution in [0.15, 0.2) is 29.4 Å². The van der Waals surface area contributed by atoms with E-state index >= 15 is 0 Å². The quantitative estimate of drug-likeness (QED) is 0.733. The number of aromatic amines is 1. The van der Waals surface area contributed by atoms with Gasteiger partial charge in [-0.25, -0.2) is 0 Å². The van der Waals surface area contributed by atoms with Crippen LogP contribution in [0.25, 0.3) is 11.3 Å². The molecule has 0 saturated carbocycles. The van der Waals surface area contributed by atoms with Crippen molar-refractivity contribution < 1.29 is 0 Å². The normalized spacial score (nSPS) is 10.2. The van der Waals surface area contributed by atoms with E-state index in [0.717, 1.165) is 11.1 Å². The average molecular weight is 202 g/mol. The molecule has 2 rings (SSSR count). The molecule has 0 bridgehead atoms. The summed E-state index contributed by atoms with van der Waals surface area (Å²) in [5.41, 5.74) is 8.01. The van der Waals surface area contributed by atoms with Crippen LogP contribution in [0.1, 0.15) is 5.56 Å². The molecule has 0 saturated heterocycles. The number of hydrogen-bond donors (Lipinski definition) is 2. The Morgan fingerprint density at radius 3 is 2.60 bits per heavy atom. The summed E-state index contributed by atoms with van der Waals surface area (Å²) in [4.78, 5) is 17.1. The number of nitrogens with zero attached hydrogens (tertiary/aromatic N) is 2. The summed E-state index contributed by atoms with van der Waals surface area (Å²) in [6, 6.07) is 7.66. The number of anilines is 1. The summed E-state index contributed by atoms with van der Waals surface area (Å²) < 4.78 is 0. The third kappa shape index (κ3) is 1.71. The lowest BCUT2D eigenvalue weighted by Crippen LogP contribution is -1.85. The lowest BCUT2D eigenvalue weighted by atomic mass is 10.1. The first kappa shape index (κ1) is 9.39. The molecule has 5 heteroatoms. The zero-order valence-corrected chi connectivity index (χ0v) is 8.19. The van der Waals surface area contributed by atoms with Gasteiger partial charge >= 0.3 is 0 Å². The van der Waals surface area contributed by atoms with Gasteiger partial charge in [-0.3, -0.25) is 0 Å². The number of nitrogen functional groups attached to an aromatic ring is 1. The minimum Gasteiger partial charge on any atom is -0.369 e. The first-order chi connectivity index (χ1) is 7.20. The summed E-state index contributed by atoms with van der Waals surface area (Å²) in [6.07, 6.45) is 0. The molecule has 0 aliphatic rings. The maximum Gasteiger partial charge on any atom is 0.224 e. The van der Waals surface area contributed by atoms with Gasteiger partial charge in [0, 0.05) is 5.56 Å². The van der Waals surface area contributed by atoms with Crippen molar-refractivity contribution in [2.24, 2.45) is 5.18 Å². The Kier molecular flexibility index (Phi) is 2.21. The number of nitroso groups, excluding NO2 is 1. The van der Waals surface area contributed by atoms with E-state index in [0.29, 0.717) is 5.69 Å². The molecular weight excluding hydrogens is 192 g/mol. The number of imidazole rings is 1. The lowest BCUT2D eigenvalue weighted by Gasteiger charge is -1.98. The van der Waals surface area contributed by atoms with Crippen molar-refractivity contribution >= 4 is 11.8 Å². The first-order valence-corrected chi connectivity index (χ1v) is 4.46. The molecule has 1 heterocycles. The largest absolute Gasteiger partial charge is 0.369 e. The Morgan fingerprint density at radius 2 is 2.00 bits per heavy atom. The number of hydrogen-bond acceptors (Lipinski definition) is 4. The molecule has 1 aromatic carbocycles. The number of aromatic nitrogens is 2. The summed E-state index contributed by atoms with van der Waals surface area (Å²) in [5, 5.41) is 2.82. The summed E-state index contributed by atoms with van der Waals surface area (Å²) in [6.45, 7) is 1.99. The Hall–Kier alpha value is -2.17. The van der Waals surface area contributed by atoms with Gasteiger partial charge in [0.1, 0.15) is 0 Å².